The van der Waals surface area contributed by atoms with Crippen molar-refractivity contribution in [2.24, 2.45) is 0 Å². The second-order valence-electron chi connectivity index (χ2n) is 13.1. The molecule has 1 saturated heterocycles. The van der Waals surface area contributed by atoms with E-state index in [0.29, 0.717) is 12.1 Å². The Bertz CT molecular complexity index is 2070. The van der Waals surface area contributed by atoms with Gasteiger partial charge in [0.05, 0.1) is 36.0 Å². The zero-order valence-corrected chi connectivity index (χ0v) is 28.9. The average Bonchev–Trinajstić information content (AvgIpc) is 3.19. The summed E-state index contributed by atoms with van der Waals surface area (Å²) in [5.74, 6) is -0.267. The summed E-state index contributed by atoms with van der Waals surface area (Å²) in [6.07, 6.45) is 1.47. The number of carbonyl (C=O) groups excluding carboxylic acids is 1. The van der Waals surface area contributed by atoms with Gasteiger partial charge in [-0.15, -0.1) is 0 Å². The average molecular weight is 679 g/mol. The van der Waals surface area contributed by atoms with Crippen molar-refractivity contribution in [1.29, 1.82) is 0 Å². The van der Waals surface area contributed by atoms with Gasteiger partial charge in [-0.25, -0.2) is 4.98 Å². The first-order valence-corrected chi connectivity index (χ1v) is 17.4. The fourth-order valence-electron chi connectivity index (χ4n) is 6.53. The van der Waals surface area contributed by atoms with E-state index < -0.39 is 6.29 Å². The van der Waals surface area contributed by atoms with Crippen molar-refractivity contribution < 1.29 is 19.4 Å². The molecule has 8 heteroatoms. The van der Waals surface area contributed by atoms with E-state index in [-0.39, 0.29) is 36.5 Å². The minimum Gasteiger partial charge on any atom is -0.392 e. The highest BCUT2D eigenvalue weighted by Crippen LogP contribution is 2.39. The van der Waals surface area contributed by atoms with Crippen molar-refractivity contribution in [2.75, 3.05) is 13.6 Å². The number of fused-ring (bicyclic) bond motifs is 1. The number of hydrogen-bond donors (Lipinski definition) is 2. The number of para-hydroxylation sites is 2. The maximum atomic E-state index is 12.9. The van der Waals surface area contributed by atoms with Crippen LogP contribution in [0, 0.1) is 0 Å². The summed E-state index contributed by atoms with van der Waals surface area (Å²) in [7, 11) is 2.14. The summed E-state index contributed by atoms with van der Waals surface area (Å²) in [5.41, 5.74) is 8.94. The van der Waals surface area contributed by atoms with Crippen molar-refractivity contribution in [3.05, 3.63) is 167 Å². The van der Waals surface area contributed by atoms with Crippen LogP contribution in [0.5, 0.6) is 0 Å². The van der Waals surface area contributed by atoms with Gasteiger partial charge in [0.15, 0.2) is 6.29 Å². The van der Waals surface area contributed by atoms with Crippen LogP contribution in [0.1, 0.15) is 70.1 Å². The molecule has 1 aromatic heterocycles. The summed E-state index contributed by atoms with van der Waals surface area (Å²) >= 11 is 0. The van der Waals surface area contributed by atoms with Gasteiger partial charge in [0.25, 0.3) is 5.91 Å². The topological polar surface area (TPSA) is 96.8 Å². The molecular weight excluding hydrogens is 636 g/mol. The van der Waals surface area contributed by atoms with Gasteiger partial charge in [-0.2, -0.15) is 0 Å². The minimum atomic E-state index is -0.541. The van der Waals surface area contributed by atoms with Crippen LogP contribution in [0.3, 0.4) is 0 Å². The third-order valence-corrected chi connectivity index (χ3v) is 9.63. The lowest BCUT2D eigenvalue weighted by Crippen LogP contribution is -2.38. The number of nitrogens with one attached hydrogen (secondary N) is 1. The van der Waals surface area contributed by atoms with E-state index >= 15 is 0 Å². The molecule has 4 atom stereocenters. The molecule has 1 fully saturated rings. The Morgan fingerprint density at radius 1 is 0.824 bits per heavy atom. The third-order valence-electron chi connectivity index (χ3n) is 9.63. The molecular formula is C43H42N4O4. The standard InChI is InChI=1S/C43H42N4O4/c1-29(32-10-4-3-5-11-32)47(2)27-37-24-41(34-17-15-30(28-48)16-18-34)51-43(50-37)35-21-19-33(20-22-35)36-12-8-9-31(23-36)25-45-42(49)40-26-44-38-13-6-7-14-39(38)46-40/h3-23,26,29,37,41,43,48H,24-25,27-28H2,1-2H3,(H,45,49). The predicted molar refractivity (Wildman–Crippen MR) is 198 cm³/mol. The van der Waals surface area contributed by atoms with Crippen molar-refractivity contribution in [3.8, 4) is 11.1 Å². The zero-order chi connectivity index (χ0) is 35.2. The van der Waals surface area contributed by atoms with Crippen LogP contribution in [0.2, 0.25) is 0 Å². The Morgan fingerprint density at radius 3 is 2.31 bits per heavy atom. The van der Waals surface area contributed by atoms with Crippen LogP contribution in [-0.4, -0.2) is 45.6 Å². The van der Waals surface area contributed by atoms with Crippen molar-refractivity contribution >= 4 is 16.9 Å². The van der Waals surface area contributed by atoms with Crippen molar-refractivity contribution in [3.63, 3.8) is 0 Å². The number of rotatable bonds is 11. The van der Waals surface area contributed by atoms with Crippen LogP contribution in [0.15, 0.2) is 134 Å². The molecule has 0 spiro atoms. The molecule has 0 radical (unpaired) electrons. The Kier molecular flexibility index (Phi) is 10.6. The highest BCUT2D eigenvalue weighted by Gasteiger charge is 2.33. The molecule has 4 unspecified atom stereocenters. The van der Waals surface area contributed by atoms with E-state index in [2.05, 4.69) is 94.8 Å². The molecule has 51 heavy (non-hydrogen) atoms. The number of hydrogen-bond acceptors (Lipinski definition) is 7. The van der Waals surface area contributed by atoms with Gasteiger partial charge in [0, 0.05) is 31.1 Å². The van der Waals surface area contributed by atoms with Crippen LogP contribution in [-0.2, 0) is 22.6 Å². The molecule has 5 aromatic carbocycles. The SMILES string of the molecule is CC(c1ccccc1)N(C)CC1CC(c2ccc(CO)cc2)OC(c2ccc(-c3cccc(CNC(=O)c4cnc5ccccc5n4)c3)cc2)O1. The lowest BCUT2D eigenvalue weighted by Gasteiger charge is -2.39. The van der Waals surface area contributed by atoms with Crippen LogP contribution in [0.4, 0.5) is 0 Å². The third kappa shape index (κ3) is 8.22. The molecule has 6 aromatic rings. The maximum absolute atomic E-state index is 12.9. The molecule has 2 N–H and O–H groups in total. The minimum absolute atomic E-state index is 0.00669. The van der Waals surface area contributed by atoms with E-state index in [1.54, 1.807) is 0 Å². The van der Waals surface area contributed by atoms with Crippen LogP contribution in [0.25, 0.3) is 22.2 Å². The number of amides is 1. The molecule has 2 heterocycles. The first kappa shape index (κ1) is 34.2. The summed E-state index contributed by atoms with van der Waals surface area (Å²) in [6, 6.07) is 42.7. The first-order valence-electron chi connectivity index (χ1n) is 17.4. The van der Waals surface area contributed by atoms with E-state index in [1.165, 1.54) is 11.8 Å². The van der Waals surface area contributed by atoms with E-state index in [9.17, 15) is 9.90 Å². The number of benzene rings is 5. The summed E-state index contributed by atoms with van der Waals surface area (Å²) in [6.45, 7) is 3.34. The van der Waals surface area contributed by atoms with Gasteiger partial charge < -0.3 is 19.9 Å². The molecule has 1 aliphatic heterocycles. The van der Waals surface area contributed by atoms with Crippen LogP contribution < -0.4 is 5.32 Å². The summed E-state index contributed by atoms with van der Waals surface area (Å²) < 4.78 is 13.3. The number of aromatic nitrogens is 2. The monoisotopic (exact) mass is 678 g/mol. The molecule has 0 saturated carbocycles. The highest BCUT2D eigenvalue weighted by atomic mass is 16.7. The number of ether oxygens (including phenoxy) is 2. The van der Waals surface area contributed by atoms with Gasteiger partial charge in [-0.05, 0) is 65.6 Å². The maximum Gasteiger partial charge on any atom is 0.271 e. The fraction of sp³-hybridized carbons (Fsp3) is 0.233. The van der Waals surface area contributed by atoms with Gasteiger partial charge in [0.2, 0.25) is 0 Å². The lowest BCUT2D eigenvalue weighted by atomic mass is 9.98. The molecule has 1 aliphatic rings. The van der Waals surface area contributed by atoms with Gasteiger partial charge >= 0.3 is 0 Å². The van der Waals surface area contributed by atoms with Gasteiger partial charge in [-0.3, -0.25) is 14.7 Å². The van der Waals surface area contributed by atoms with Crippen molar-refractivity contribution in [2.45, 2.75) is 51.0 Å². The fourth-order valence-corrected chi connectivity index (χ4v) is 6.53. The Balaban J connectivity index is 1.04. The summed E-state index contributed by atoms with van der Waals surface area (Å²) in [5, 5.41) is 12.6. The largest absolute Gasteiger partial charge is 0.392 e. The second kappa shape index (κ2) is 15.7. The van der Waals surface area contributed by atoms with Crippen LogP contribution >= 0.6 is 0 Å². The first-order chi connectivity index (χ1) is 24.9. The molecule has 8 nitrogen and oxygen atoms in total. The normalized spacial score (nSPS) is 18.1. The summed E-state index contributed by atoms with van der Waals surface area (Å²) in [4.78, 5) is 24.0. The lowest BCUT2D eigenvalue weighted by molar-refractivity contribution is -0.253. The Morgan fingerprint density at radius 2 is 1.55 bits per heavy atom. The predicted octanol–water partition coefficient (Wildman–Crippen LogP) is 7.96. The van der Waals surface area contributed by atoms with E-state index in [4.69, 9.17) is 9.47 Å². The van der Waals surface area contributed by atoms with E-state index in [1.807, 2.05) is 66.7 Å². The molecule has 7 rings (SSSR count). The van der Waals surface area contributed by atoms with Gasteiger partial charge in [-0.1, -0.05) is 109 Å². The zero-order valence-electron chi connectivity index (χ0n) is 28.9. The van der Waals surface area contributed by atoms with Crippen molar-refractivity contribution in [1.82, 2.24) is 20.2 Å². The molecule has 1 amide bonds. The molecule has 258 valence electrons. The Hall–Kier alpha value is -5.25. The number of aliphatic hydroxyl groups is 1. The second-order valence-corrected chi connectivity index (χ2v) is 13.1. The van der Waals surface area contributed by atoms with Gasteiger partial charge in [0.1, 0.15) is 5.69 Å². The van der Waals surface area contributed by atoms with E-state index in [0.717, 1.165) is 51.9 Å². The molecule has 0 aliphatic carbocycles. The number of aliphatic hydroxyl groups excluding tert-OH is 1. The number of nitrogens with zero attached hydrogens (tertiary/aromatic N) is 3. The smallest absolute Gasteiger partial charge is 0.271 e. The Labute approximate surface area is 298 Å². The highest BCUT2D eigenvalue weighted by molar-refractivity contribution is 5.93. The number of likely N-dealkylation sites (N-methyl/N-ethyl adjacent to an activating group) is 1. The number of carbonyl (C=O) groups is 1. The quantitative estimate of drug-likeness (QED) is 0.144. The molecule has 0 bridgehead atoms.